The van der Waals surface area contributed by atoms with Gasteiger partial charge in [-0.25, -0.2) is 8.42 Å². The summed E-state index contributed by atoms with van der Waals surface area (Å²) in [6, 6.07) is 8.22. The lowest BCUT2D eigenvalue weighted by Gasteiger charge is -2.09. The molecule has 0 atom stereocenters. The van der Waals surface area contributed by atoms with Crippen molar-refractivity contribution in [1.29, 1.82) is 0 Å². The molecule has 0 fully saturated rings. The van der Waals surface area contributed by atoms with Crippen LogP contribution in [0, 0.1) is 6.92 Å². The largest absolute Gasteiger partial charge is 0.355 e. The number of thiophene rings is 1. The SMILES string of the molecule is CCNC(=O)CNC(=O)c1sccc1S(=O)(=O)Nc1ccc(C)cc1. The van der Waals surface area contributed by atoms with E-state index >= 15 is 0 Å². The van der Waals surface area contributed by atoms with E-state index in [2.05, 4.69) is 15.4 Å². The van der Waals surface area contributed by atoms with Crippen LogP contribution in [0.3, 0.4) is 0 Å². The number of aryl methyl sites for hydroxylation is 1. The van der Waals surface area contributed by atoms with Crippen molar-refractivity contribution in [1.82, 2.24) is 10.6 Å². The van der Waals surface area contributed by atoms with E-state index in [4.69, 9.17) is 0 Å². The first kappa shape index (κ1) is 18.9. The van der Waals surface area contributed by atoms with Gasteiger partial charge in [-0.05, 0) is 37.4 Å². The van der Waals surface area contributed by atoms with Gasteiger partial charge in [0.1, 0.15) is 9.77 Å². The molecule has 2 amide bonds. The molecule has 2 rings (SSSR count). The summed E-state index contributed by atoms with van der Waals surface area (Å²) in [5, 5.41) is 6.49. The molecule has 1 heterocycles. The van der Waals surface area contributed by atoms with E-state index in [-0.39, 0.29) is 22.2 Å². The number of carbonyl (C=O) groups excluding carboxylic acids is 2. The number of nitrogens with one attached hydrogen (secondary N) is 3. The predicted octanol–water partition coefficient (Wildman–Crippen LogP) is 1.72. The molecule has 0 aliphatic heterocycles. The minimum absolute atomic E-state index is 0.0314. The first-order chi connectivity index (χ1) is 11.8. The highest BCUT2D eigenvalue weighted by molar-refractivity contribution is 7.93. The molecule has 2 aromatic rings. The molecule has 0 aliphatic rings. The zero-order chi connectivity index (χ0) is 18.4. The molecule has 0 aliphatic carbocycles. The number of anilines is 1. The second-order valence-electron chi connectivity index (χ2n) is 5.22. The molecule has 134 valence electrons. The van der Waals surface area contributed by atoms with Crippen molar-refractivity contribution >= 4 is 38.9 Å². The summed E-state index contributed by atoms with van der Waals surface area (Å²) in [7, 11) is -3.91. The number of sulfonamides is 1. The predicted molar refractivity (Wildman–Crippen MR) is 97.3 cm³/mol. The van der Waals surface area contributed by atoms with Crippen molar-refractivity contribution in [3.8, 4) is 0 Å². The summed E-state index contributed by atoms with van der Waals surface area (Å²) >= 11 is 1.000. The van der Waals surface area contributed by atoms with Gasteiger partial charge >= 0.3 is 0 Å². The summed E-state index contributed by atoms with van der Waals surface area (Å²) < 4.78 is 27.5. The van der Waals surface area contributed by atoms with Crippen molar-refractivity contribution in [3.05, 3.63) is 46.2 Å². The van der Waals surface area contributed by atoms with Crippen LogP contribution in [0.2, 0.25) is 0 Å². The monoisotopic (exact) mass is 381 g/mol. The molecule has 0 spiro atoms. The summed E-state index contributed by atoms with van der Waals surface area (Å²) in [4.78, 5) is 23.5. The van der Waals surface area contributed by atoms with Crippen LogP contribution in [0.15, 0.2) is 40.6 Å². The van der Waals surface area contributed by atoms with Crippen LogP contribution >= 0.6 is 11.3 Å². The number of amides is 2. The molecule has 0 saturated carbocycles. The molecule has 0 unspecified atom stereocenters. The minimum Gasteiger partial charge on any atom is -0.355 e. The Hall–Kier alpha value is -2.39. The molecule has 0 saturated heterocycles. The van der Waals surface area contributed by atoms with E-state index in [9.17, 15) is 18.0 Å². The second-order valence-corrected chi connectivity index (χ2v) is 7.79. The lowest BCUT2D eigenvalue weighted by molar-refractivity contribution is -0.120. The molecule has 7 nitrogen and oxygen atoms in total. The molecular weight excluding hydrogens is 362 g/mol. The highest BCUT2D eigenvalue weighted by atomic mass is 32.2. The van der Waals surface area contributed by atoms with Gasteiger partial charge in [-0.1, -0.05) is 17.7 Å². The normalized spacial score (nSPS) is 11.0. The third-order valence-corrected chi connectivity index (χ3v) is 5.68. The van der Waals surface area contributed by atoms with Crippen molar-refractivity contribution in [2.24, 2.45) is 0 Å². The zero-order valence-corrected chi connectivity index (χ0v) is 15.5. The van der Waals surface area contributed by atoms with Gasteiger partial charge in [0.15, 0.2) is 0 Å². The molecule has 9 heteroatoms. The van der Waals surface area contributed by atoms with Crippen molar-refractivity contribution in [2.75, 3.05) is 17.8 Å². The number of carbonyl (C=O) groups is 2. The van der Waals surface area contributed by atoms with Gasteiger partial charge in [0.25, 0.3) is 15.9 Å². The number of hydrogen-bond donors (Lipinski definition) is 3. The summed E-state index contributed by atoms with van der Waals surface area (Å²) in [6.07, 6.45) is 0. The van der Waals surface area contributed by atoms with Gasteiger partial charge in [-0.15, -0.1) is 11.3 Å². The molecule has 1 aromatic carbocycles. The number of rotatable bonds is 7. The van der Waals surface area contributed by atoms with Crippen molar-refractivity contribution < 1.29 is 18.0 Å². The van der Waals surface area contributed by atoms with Gasteiger partial charge in [-0.2, -0.15) is 0 Å². The second kappa shape index (κ2) is 8.13. The maximum atomic E-state index is 12.5. The Kier molecular flexibility index (Phi) is 6.16. The topological polar surface area (TPSA) is 104 Å². The minimum atomic E-state index is -3.91. The first-order valence-corrected chi connectivity index (χ1v) is 9.91. The Morgan fingerprint density at radius 1 is 1.08 bits per heavy atom. The number of hydrogen-bond acceptors (Lipinski definition) is 5. The fraction of sp³-hybridized carbons (Fsp3) is 0.250. The van der Waals surface area contributed by atoms with Crippen LogP contribution in [0.1, 0.15) is 22.2 Å². The van der Waals surface area contributed by atoms with E-state index in [0.29, 0.717) is 12.2 Å². The number of benzene rings is 1. The quantitative estimate of drug-likeness (QED) is 0.679. The maximum absolute atomic E-state index is 12.5. The van der Waals surface area contributed by atoms with Crippen LogP contribution < -0.4 is 15.4 Å². The fourth-order valence-corrected chi connectivity index (χ4v) is 4.41. The zero-order valence-electron chi connectivity index (χ0n) is 13.8. The van der Waals surface area contributed by atoms with Gasteiger partial charge in [-0.3, -0.25) is 14.3 Å². The van der Waals surface area contributed by atoms with Gasteiger partial charge < -0.3 is 10.6 Å². The average molecular weight is 381 g/mol. The molecule has 1 aromatic heterocycles. The third kappa shape index (κ3) is 5.04. The Morgan fingerprint density at radius 2 is 1.76 bits per heavy atom. The van der Waals surface area contributed by atoms with Crippen LogP contribution in [0.5, 0.6) is 0 Å². The van der Waals surface area contributed by atoms with Crippen LogP contribution in [0.25, 0.3) is 0 Å². The summed E-state index contributed by atoms with van der Waals surface area (Å²) in [5.41, 5.74) is 1.41. The van der Waals surface area contributed by atoms with E-state index in [0.717, 1.165) is 16.9 Å². The molecule has 3 N–H and O–H groups in total. The van der Waals surface area contributed by atoms with E-state index in [1.807, 2.05) is 6.92 Å². The lowest BCUT2D eigenvalue weighted by atomic mass is 10.2. The Morgan fingerprint density at radius 3 is 2.40 bits per heavy atom. The first-order valence-electron chi connectivity index (χ1n) is 7.55. The highest BCUT2D eigenvalue weighted by Gasteiger charge is 2.24. The van der Waals surface area contributed by atoms with E-state index in [1.165, 1.54) is 11.4 Å². The lowest BCUT2D eigenvalue weighted by Crippen LogP contribution is -2.36. The molecular formula is C16H19N3O4S2. The fourth-order valence-electron chi connectivity index (χ4n) is 2.01. The Labute approximate surface area is 150 Å². The maximum Gasteiger partial charge on any atom is 0.263 e. The summed E-state index contributed by atoms with van der Waals surface area (Å²) in [5.74, 6) is -0.944. The average Bonchev–Trinajstić information content (AvgIpc) is 3.06. The van der Waals surface area contributed by atoms with Crippen LogP contribution in [-0.2, 0) is 14.8 Å². The van der Waals surface area contributed by atoms with Gasteiger partial charge in [0.2, 0.25) is 5.91 Å². The van der Waals surface area contributed by atoms with Crippen molar-refractivity contribution in [2.45, 2.75) is 18.7 Å². The van der Waals surface area contributed by atoms with Crippen LogP contribution in [-0.4, -0.2) is 33.3 Å². The molecule has 0 radical (unpaired) electrons. The Bertz CT molecular complexity index is 858. The van der Waals surface area contributed by atoms with Gasteiger partial charge in [0.05, 0.1) is 6.54 Å². The van der Waals surface area contributed by atoms with E-state index in [1.54, 1.807) is 31.2 Å². The van der Waals surface area contributed by atoms with E-state index < -0.39 is 15.9 Å². The third-order valence-electron chi connectivity index (χ3n) is 3.21. The number of likely N-dealkylation sites (N-methyl/N-ethyl adjacent to an activating group) is 1. The standard InChI is InChI=1S/C16H19N3O4S2/c1-3-17-14(20)10-18-16(21)15-13(8-9-24-15)25(22,23)19-12-6-4-11(2)5-7-12/h4-9,19H,3,10H2,1-2H3,(H,17,20)(H,18,21). The highest BCUT2D eigenvalue weighted by Crippen LogP contribution is 2.24. The Balaban J connectivity index is 2.14. The summed E-state index contributed by atoms with van der Waals surface area (Å²) in [6.45, 7) is 3.90. The van der Waals surface area contributed by atoms with Crippen LogP contribution in [0.4, 0.5) is 5.69 Å². The van der Waals surface area contributed by atoms with Crippen molar-refractivity contribution in [3.63, 3.8) is 0 Å². The molecule has 0 bridgehead atoms. The smallest absolute Gasteiger partial charge is 0.263 e. The molecule has 25 heavy (non-hydrogen) atoms. The van der Waals surface area contributed by atoms with Gasteiger partial charge in [0, 0.05) is 12.2 Å².